The van der Waals surface area contributed by atoms with Gasteiger partial charge in [0.2, 0.25) is 0 Å². The van der Waals surface area contributed by atoms with Gasteiger partial charge in [0.05, 0.1) is 12.5 Å². The highest BCUT2D eigenvalue weighted by Gasteiger charge is 2.02. The van der Waals surface area contributed by atoms with Crippen LogP contribution in [0.3, 0.4) is 0 Å². The van der Waals surface area contributed by atoms with Gasteiger partial charge < -0.3 is 4.42 Å². The molecular formula is C11H9BrO. The molecule has 2 aromatic rings. The zero-order chi connectivity index (χ0) is 9.26. The van der Waals surface area contributed by atoms with Crippen molar-refractivity contribution in [3.05, 3.63) is 46.8 Å². The summed E-state index contributed by atoms with van der Waals surface area (Å²) >= 11 is 3.40. The summed E-state index contributed by atoms with van der Waals surface area (Å²) in [6, 6.07) is 8.20. The first-order valence-corrected chi connectivity index (χ1v) is 4.85. The molecule has 1 aromatic heterocycles. The monoisotopic (exact) mass is 236 g/mol. The molecule has 13 heavy (non-hydrogen) atoms. The van der Waals surface area contributed by atoms with Crippen LogP contribution in [0.2, 0.25) is 0 Å². The molecule has 66 valence electrons. The maximum Gasteiger partial charge on any atom is 0.0983 e. The first-order chi connectivity index (χ1) is 6.27. The molecule has 0 spiro atoms. The third kappa shape index (κ3) is 1.68. The average Bonchev–Trinajstić information content (AvgIpc) is 2.53. The van der Waals surface area contributed by atoms with Crippen molar-refractivity contribution in [3.8, 4) is 11.1 Å². The molecule has 0 N–H and O–H groups in total. The predicted molar refractivity (Wildman–Crippen MR) is 56.6 cm³/mol. The van der Waals surface area contributed by atoms with Crippen LogP contribution in [-0.2, 0) is 0 Å². The number of halogens is 1. The predicted octanol–water partition coefficient (Wildman–Crippen LogP) is 4.02. The molecule has 0 aliphatic rings. The van der Waals surface area contributed by atoms with E-state index in [1.165, 1.54) is 11.1 Å². The summed E-state index contributed by atoms with van der Waals surface area (Å²) < 4.78 is 6.21. The quantitative estimate of drug-likeness (QED) is 0.730. The van der Waals surface area contributed by atoms with Crippen LogP contribution in [0, 0.1) is 6.92 Å². The molecule has 0 aliphatic heterocycles. The molecule has 2 heteroatoms. The number of hydrogen-bond donors (Lipinski definition) is 0. The van der Waals surface area contributed by atoms with Gasteiger partial charge in [-0.25, -0.2) is 0 Å². The van der Waals surface area contributed by atoms with Crippen molar-refractivity contribution in [2.45, 2.75) is 6.92 Å². The van der Waals surface area contributed by atoms with Crippen LogP contribution in [-0.4, -0.2) is 0 Å². The molecule has 0 atom stereocenters. The Hall–Kier alpha value is -1.02. The fourth-order valence-electron chi connectivity index (χ4n) is 1.29. The van der Waals surface area contributed by atoms with Crippen LogP contribution in [0.1, 0.15) is 5.56 Å². The molecule has 0 fully saturated rings. The van der Waals surface area contributed by atoms with Gasteiger partial charge in [-0.1, -0.05) is 28.1 Å². The fourth-order valence-corrected chi connectivity index (χ4v) is 1.55. The standard InChI is InChI=1S/C11H9BrO/c1-8-6-13-7-11(8)9-2-4-10(12)5-3-9/h2-7H,1H3. The van der Waals surface area contributed by atoms with Crippen molar-refractivity contribution < 1.29 is 4.42 Å². The van der Waals surface area contributed by atoms with Gasteiger partial charge in [-0.15, -0.1) is 0 Å². The van der Waals surface area contributed by atoms with Crippen molar-refractivity contribution >= 4 is 15.9 Å². The molecule has 1 aromatic carbocycles. The van der Waals surface area contributed by atoms with Crippen molar-refractivity contribution in [1.82, 2.24) is 0 Å². The minimum Gasteiger partial charge on any atom is -0.472 e. The second-order valence-electron chi connectivity index (χ2n) is 2.98. The van der Waals surface area contributed by atoms with Gasteiger partial charge in [0.15, 0.2) is 0 Å². The summed E-state index contributed by atoms with van der Waals surface area (Å²) in [5, 5.41) is 0. The molecule has 1 nitrogen and oxygen atoms in total. The van der Waals surface area contributed by atoms with E-state index >= 15 is 0 Å². The molecule has 0 unspecified atom stereocenters. The zero-order valence-corrected chi connectivity index (χ0v) is 8.84. The zero-order valence-electron chi connectivity index (χ0n) is 7.25. The van der Waals surface area contributed by atoms with E-state index in [1.54, 1.807) is 12.5 Å². The van der Waals surface area contributed by atoms with Crippen LogP contribution < -0.4 is 0 Å². The Bertz CT molecular complexity index is 400. The third-order valence-electron chi connectivity index (χ3n) is 2.01. The molecule has 0 aliphatic carbocycles. The Kier molecular flexibility index (Phi) is 2.23. The van der Waals surface area contributed by atoms with E-state index in [0.717, 1.165) is 10.0 Å². The van der Waals surface area contributed by atoms with Crippen LogP contribution >= 0.6 is 15.9 Å². The van der Waals surface area contributed by atoms with Crippen molar-refractivity contribution in [3.63, 3.8) is 0 Å². The summed E-state index contributed by atoms with van der Waals surface area (Å²) in [7, 11) is 0. The van der Waals surface area contributed by atoms with E-state index < -0.39 is 0 Å². The van der Waals surface area contributed by atoms with Gasteiger partial charge >= 0.3 is 0 Å². The lowest BCUT2D eigenvalue weighted by Gasteiger charge is -1.98. The molecule has 0 saturated heterocycles. The minimum atomic E-state index is 1.09. The van der Waals surface area contributed by atoms with Crippen molar-refractivity contribution in [2.24, 2.45) is 0 Å². The van der Waals surface area contributed by atoms with E-state index in [4.69, 9.17) is 4.42 Å². The summed E-state index contributed by atoms with van der Waals surface area (Å²) in [4.78, 5) is 0. The van der Waals surface area contributed by atoms with Crippen LogP contribution in [0.5, 0.6) is 0 Å². The first-order valence-electron chi connectivity index (χ1n) is 4.06. The Morgan fingerprint density at radius 2 is 1.77 bits per heavy atom. The van der Waals surface area contributed by atoms with Gasteiger partial charge in [-0.2, -0.15) is 0 Å². The highest BCUT2D eigenvalue weighted by atomic mass is 79.9. The highest BCUT2D eigenvalue weighted by Crippen LogP contribution is 2.25. The molecule has 0 amide bonds. The van der Waals surface area contributed by atoms with Crippen LogP contribution in [0.25, 0.3) is 11.1 Å². The third-order valence-corrected chi connectivity index (χ3v) is 2.54. The molecule has 0 bridgehead atoms. The largest absolute Gasteiger partial charge is 0.472 e. The van der Waals surface area contributed by atoms with Gasteiger partial charge in [0, 0.05) is 10.0 Å². The number of rotatable bonds is 1. The Balaban J connectivity index is 2.47. The minimum absolute atomic E-state index is 1.09. The Morgan fingerprint density at radius 1 is 1.08 bits per heavy atom. The maximum absolute atomic E-state index is 5.12. The number of benzene rings is 1. The Labute approximate surface area is 85.5 Å². The first kappa shape index (κ1) is 8.57. The average molecular weight is 237 g/mol. The van der Waals surface area contributed by atoms with E-state index in [9.17, 15) is 0 Å². The smallest absolute Gasteiger partial charge is 0.0983 e. The summed E-state index contributed by atoms with van der Waals surface area (Å²) in [5.41, 5.74) is 3.52. The number of furan rings is 1. The lowest BCUT2D eigenvalue weighted by atomic mass is 10.1. The lowest BCUT2D eigenvalue weighted by Crippen LogP contribution is -1.75. The van der Waals surface area contributed by atoms with E-state index in [2.05, 4.69) is 28.1 Å². The lowest BCUT2D eigenvalue weighted by molar-refractivity contribution is 0.566. The Morgan fingerprint density at radius 3 is 2.31 bits per heavy atom. The molecule has 2 rings (SSSR count). The summed E-state index contributed by atoms with van der Waals surface area (Å²) in [5.74, 6) is 0. The topological polar surface area (TPSA) is 13.1 Å². The van der Waals surface area contributed by atoms with Gasteiger partial charge in [0.1, 0.15) is 0 Å². The van der Waals surface area contributed by atoms with Gasteiger partial charge in [-0.3, -0.25) is 0 Å². The van der Waals surface area contributed by atoms with Crippen molar-refractivity contribution in [2.75, 3.05) is 0 Å². The van der Waals surface area contributed by atoms with Gasteiger partial charge in [-0.05, 0) is 30.2 Å². The normalized spacial score (nSPS) is 10.3. The molecule has 0 saturated carbocycles. The van der Waals surface area contributed by atoms with Gasteiger partial charge in [0.25, 0.3) is 0 Å². The number of aryl methyl sites for hydroxylation is 1. The number of hydrogen-bond acceptors (Lipinski definition) is 1. The van der Waals surface area contributed by atoms with Crippen LogP contribution in [0.15, 0.2) is 45.7 Å². The molecular weight excluding hydrogens is 228 g/mol. The summed E-state index contributed by atoms with van der Waals surface area (Å²) in [6.45, 7) is 2.04. The second-order valence-corrected chi connectivity index (χ2v) is 3.89. The van der Waals surface area contributed by atoms with Crippen molar-refractivity contribution in [1.29, 1.82) is 0 Å². The summed E-state index contributed by atoms with van der Waals surface area (Å²) in [6.07, 6.45) is 3.54. The van der Waals surface area contributed by atoms with E-state index in [-0.39, 0.29) is 0 Å². The molecule has 0 radical (unpaired) electrons. The highest BCUT2D eigenvalue weighted by molar-refractivity contribution is 9.10. The van der Waals surface area contributed by atoms with E-state index in [0.29, 0.717) is 0 Å². The SMILES string of the molecule is Cc1cocc1-c1ccc(Br)cc1. The molecule has 1 heterocycles. The fraction of sp³-hybridized carbons (Fsp3) is 0.0909. The van der Waals surface area contributed by atoms with Crippen LogP contribution in [0.4, 0.5) is 0 Å². The maximum atomic E-state index is 5.12. The van der Waals surface area contributed by atoms with E-state index in [1.807, 2.05) is 19.1 Å². The second kappa shape index (κ2) is 3.38.